The van der Waals surface area contributed by atoms with Crippen LogP contribution in [0.2, 0.25) is 0 Å². The van der Waals surface area contributed by atoms with E-state index in [-0.39, 0.29) is 18.0 Å². The van der Waals surface area contributed by atoms with Gasteiger partial charge in [0, 0.05) is 45.2 Å². The number of carbonyl (C=O) groups is 1. The molecule has 28 heavy (non-hydrogen) atoms. The molecule has 0 aliphatic carbocycles. The predicted octanol–water partition coefficient (Wildman–Crippen LogP) is 2.95. The Morgan fingerprint density at radius 1 is 1.07 bits per heavy atom. The van der Waals surface area contributed by atoms with E-state index in [2.05, 4.69) is 15.6 Å². The number of hydrogen-bond acceptors (Lipinski definition) is 2. The Labute approximate surface area is 163 Å². The Balaban J connectivity index is 1.59. The molecule has 2 N–H and O–H groups in total. The maximum Gasteiger partial charge on any atom is 0.222 e. The van der Waals surface area contributed by atoms with Crippen LogP contribution in [0.3, 0.4) is 0 Å². The number of rotatable bonds is 6. The highest BCUT2D eigenvalue weighted by atomic mass is 19.1. The standard InChI is InChI=1S/C21H24F2N4O/c1-24-21(26-13-17-11-18(22)8-9-19(17)23)25-12-15-5-2-3-6-16(15)14-27-10-4-7-20(27)28/h2-3,5-6,8-9,11H,4,7,10,12-14H2,1H3,(H2,24,25,26). The first kappa shape index (κ1) is 19.8. The molecule has 0 bridgehead atoms. The number of hydrogen-bond donors (Lipinski definition) is 2. The first-order valence-electron chi connectivity index (χ1n) is 9.30. The van der Waals surface area contributed by atoms with Crippen molar-refractivity contribution in [1.82, 2.24) is 15.5 Å². The Morgan fingerprint density at radius 3 is 2.46 bits per heavy atom. The van der Waals surface area contributed by atoms with Gasteiger partial charge < -0.3 is 15.5 Å². The maximum atomic E-state index is 13.8. The lowest BCUT2D eigenvalue weighted by Crippen LogP contribution is -2.37. The van der Waals surface area contributed by atoms with E-state index in [1.807, 2.05) is 29.2 Å². The topological polar surface area (TPSA) is 56.7 Å². The van der Waals surface area contributed by atoms with Gasteiger partial charge in [0.15, 0.2) is 5.96 Å². The summed E-state index contributed by atoms with van der Waals surface area (Å²) < 4.78 is 27.0. The van der Waals surface area contributed by atoms with Crippen molar-refractivity contribution < 1.29 is 13.6 Å². The number of aliphatic imine (C=N–C) groups is 1. The lowest BCUT2D eigenvalue weighted by Gasteiger charge is -2.19. The number of guanidine groups is 1. The van der Waals surface area contributed by atoms with Crippen LogP contribution in [-0.2, 0) is 24.4 Å². The van der Waals surface area contributed by atoms with Crippen LogP contribution in [0.1, 0.15) is 29.5 Å². The minimum Gasteiger partial charge on any atom is -0.352 e. The molecule has 0 unspecified atom stereocenters. The molecule has 1 amide bonds. The van der Waals surface area contributed by atoms with E-state index in [4.69, 9.17) is 0 Å². The average molecular weight is 386 g/mol. The lowest BCUT2D eigenvalue weighted by atomic mass is 10.1. The summed E-state index contributed by atoms with van der Waals surface area (Å²) in [5.74, 6) is -0.274. The zero-order chi connectivity index (χ0) is 19.9. The van der Waals surface area contributed by atoms with Crippen molar-refractivity contribution >= 4 is 11.9 Å². The summed E-state index contributed by atoms with van der Waals surface area (Å²) >= 11 is 0. The van der Waals surface area contributed by atoms with E-state index in [1.54, 1.807) is 7.05 Å². The van der Waals surface area contributed by atoms with Crippen molar-refractivity contribution in [1.29, 1.82) is 0 Å². The van der Waals surface area contributed by atoms with E-state index in [9.17, 15) is 13.6 Å². The summed E-state index contributed by atoms with van der Waals surface area (Å²) in [5, 5.41) is 6.18. The summed E-state index contributed by atoms with van der Waals surface area (Å²) in [6.07, 6.45) is 1.53. The second-order valence-electron chi connectivity index (χ2n) is 6.70. The molecule has 1 aliphatic rings. The Hall–Kier alpha value is -2.96. The molecule has 2 aromatic carbocycles. The molecule has 3 rings (SSSR count). The molecule has 0 spiro atoms. The van der Waals surface area contributed by atoms with Gasteiger partial charge in [0.05, 0.1) is 0 Å². The third kappa shape index (κ3) is 5.06. The van der Waals surface area contributed by atoms with Gasteiger partial charge in [0.25, 0.3) is 0 Å². The van der Waals surface area contributed by atoms with E-state index in [0.717, 1.165) is 42.3 Å². The molecule has 1 aliphatic heterocycles. The van der Waals surface area contributed by atoms with Gasteiger partial charge in [-0.25, -0.2) is 8.78 Å². The van der Waals surface area contributed by atoms with Crippen molar-refractivity contribution in [3.8, 4) is 0 Å². The summed E-state index contributed by atoms with van der Waals surface area (Å²) in [6, 6.07) is 11.3. The zero-order valence-electron chi connectivity index (χ0n) is 15.8. The number of halogens is 2. The van der Waals surface area contributed by atoms with Crippen LogP contribution >= 0.6 is 0 Å². The van der Waals surface area contributed by atoms with Gasteiger partial charge >= 0.3 is 0 Å². The number of likely N-dealkylation sites (tertiary alicyclic amines) is 1. The van der Waals surface area contributed by atoms with Crippen LogP contribution in [0.4, 0.5) is 8.78 Å². The number of nitrogens with zero attached hydrogens (tertiary/aromatic N) is 2. The van der Waals surface area contributed by atoms with Gasteiger partial charge in [-0.15, -0.1) is 0 Å². The molecule has 0 saturated carbocycles. The van der Waals surface area contributed by atoms with E-state index >= 15 is 0 Å². The number of amides is 1. The number of nitrogens with one attached hydrogen (secondary N) is 2. The van der Waals surface area contributed by atoms with Crippen molar-refractivity contribution in [2.75, 3.05) is 13.6 Å². The first-order valence-corrected chi connectivity index (χ1v) is 9.30. The first-order chi connectivity index (χ1) is 13.6. The van der Waals surface area contributed by atoms with Crippen LogP contribution in [0.5, 0.6) is 0 Å². The molecule has 7 heteroatoms. The summed E-state index contributed by atoms with van der Waals surface area (Å²) in [5.41, 5.74) is 2.37. The zero-order valence-corrected chi connectivity index (χ0v) is 15.8. The summed E-state index contributed by atoms with van der Waals surface area (Å²) in [4.78, 5) is 17.9. The molecule has 1 fully saturated rings. The van der Waals surface area contributed by atoms with Crippen LogP contribution in [0, 0.1) is 11.6 Å². The van der Waals surface area contributed by atoms with Crippen LogP contribution in [0.25, 0.3) is 0 Å². The second-order valence-corrected chi connectivity index (χ2v) is 6.70. The minimum atomic E-state index is -0.480. The largest absolute Gasteiger partial charge is 0.352 e. The normalized spacial score (nSPS) is 14.5. The van der Waals surface area contributed by atoms with E-state index in [0.29, 0.717) is 25.5 Å². The van der Waals surface area contributed by atoms with Gasteiger partial charge in [0.2, 0.25) is 5.91 Å². The number of carbonyl (C=O) groups excluding carboxylic acids is 1. The second kappa shape index (κ2) is 9.30. The van der Waals surface area contributed by atoms with Gasteiger partial charge in [-0.05, 0) is 35.7 Å². The van der Waals surface area contributed by atoms with Gasteiger partial charge in [-0.1, -0.05) is 24.3 Å². The fourth-order valence-electron chi connectivity index (χ4n) is 3.22. The average Bonchev–Trinajstić information content (AvgIpc) is 3.10. The van der Waals surface area contributed by atoms with Gasteiger partial charge in [-0.3, -0.25) is 9.79 Å². The molecule has 0 aromatic heterocycles. The van der Waals surface area contributed by atoms with Crippen molar-refractivity contribution in [3.05, 3.63) is 70.8 Å². The van der Waals surface area contributed by atoms with Gasteiger partial charge in [0.1, 0.15) is 11.6 Å². The quantitative estimate of drug-likeness (QED) is 0.593. The molecule has 1 heterocycles. The Kier molecular flexibility index (Phi) is 6.57. The molecule has 1 saturated heterocycles. The number of benzene rings is 2. The summed E-state index contributed by atoms with van der Waals surface area (Å²) in [6.45, 7) is 2.01. The van der Waals surface area contributed by atoms with Crippen molar-refractivity contribution in [2.24, 2.45) is 4.99 Å². The molecular formula is C21H24F2N4O. The Morgan fingerprint density at radius 2 is 1.79 bits per heavy atom. The highest BCUT2D eigenvalue weighted by molar-refractivity contribution is 5.79. The third-order valence-corrected chi connectivity index (χ3v) is 4.77. The third-order valence-electron chi connectivity index (χ3n) is 4.77. The van der Waals surface area contributed by atoms with Gasteiger partial charge in [-0.2, -0.15) is 0 Å². The molecule has 0 radical (unpaired) electrons. The SMILES string of the molecule is CN=C(NCc1cc(F)ccc1F)NCc1ccccc1CN1CCCC1=O. The fourth-order valence-corrected chi connectivity index (χ4v) is 3.22. The van der Waals surface area contributed by atoms with Crippen LogP contribution < -0.4 is 10.6 Å². The molecule has 5 nitrogen and oxygen atoms in total. The monoisotopic (exact) mass is 386 g/mol. The van der Waals surface area contributed by atoms with Crippen molar-refractivity contribution in [3.63, 3.8) is 0 Å². The minimum absolute atomic E-state index is 0.118. The lowest BCUT2D eigenvalue weighted by molar-refractivity contribution is -0.128. The van der Waals surface area contributed by atoms with Crippen LogP contribution in [-0.4, -0.2) is 30.4 Å². The highest BCUT2D eigenvalue weighted by Crippen LogP contribution is 2.17. The predicted molar refractivity (Wildman–Crippen MR) is 104 cm³/mol. The fraction of sp³-hybridized carbons (Fsp3) is 0.333. The maximum absolute atomic E-state index is 13.8. The Bertz CT molecular complexity index is 869. The summed E-state index contributed by atoms with van der Waals surface area (Å²) in [7, 11) is 1.62. The molecule has 148 valence electrons. The van der Waals surface area contributed by atoms with Crippen LogP contribution in [0.15, 0.2) is 47.5 Å². The molecule has 2 aromatic rings. The van der Waals surface area contributed by atoms with E-state index in [1.165, 1.54) is 0 Å². The molecule has 0 atom stereocenters. The highest BCUT2D eigenvalue weighted by Gasteiger charge is 2.20. The van der Waals surface area contributed by atoms with E-state index < -0.39 is 11.6 Å². The molecular weight excluding hydrogens is 362 g/mol. The smallest absolute Gasteiger partial charge is 0.222 e. The van der Waals surface area contributed by atoms with Crippen molar-refractivity contribution in [2.45, 2.75) is 32.5 Å².